The van der Waals surface area contributed by atoms with Crippen molar-refractivity contribution < 1.29 is 28.6 Å². The highest BCUT2D eigenvalue weighted by molar-refractivity contribution is 6.26. The van der Waals surface area contributed by atoms with E-state index in [0.29, 0.717) is 17.8 Å². The van der Waals surface area contributed by atoms with Gasteiger partial charge in [0.05, 0.1) is 24.4 Å². The summed E-state index contributed by atoms with van der Waals surface area (Å²) in [7, 11) is 2.81. The molecule has 134 valence electrons. The molecular weight excluding hydrogens is 330 g/mol. The summed E-state index contributed by atoms with van der Waals surface area (Å²) in [6.45, 7) is 1.58. The van der Waals surface area contributed by atoms with Crippen LogP contribution in [0.3, 0.4) is 0 Å². The fraction of sp³-hybridized carbons (Fsp3) is 0.438. The maximum atomic E-state index is 12.9. The van der Waals surface area contributed by atoms with E-state index in [2.05, 4.69) is 0 Å². The van der Waals surface area contributed by atoms with Crippen molar-refractivity contribution in [1.29, 1.82) is 0 Å². The molecule has 0 saturated carbocycles. The van der Waals surface area contributed by atoms with E-state index in [1.165, 1.54) is 21.1 Å². The van der Waals surface area contributed by atoms with Crippen molar-refractivity contribution in [1.82, 2.24) is 4.57 Å². The Morgan fingerprint density at radius 1 is 1.28 bits per heavy atom. The Balaban J connectivity index is 2.25. The van der Waals surface area contributed by atoms with Crippen LogP contribution in [0.1, 0.15) is 45.1 Å². The van der Waals surface area contributed by atoms with E-state index in [0.717, 1.165) is 0 Å². The first-order valence-electron chi connectivity index (χ1n) is 7.63. The number of Topliss-reactive ketones (excluding diaryl/α,β-unsaturated/α-hetero) is 2. The molecule has 0 bridgehead atoms. The van der Waals surface area contributed by atoms with Crippen molar-refractivity contribution in [2.45, 2.75) is 32.2 Å². The van der Waals surface area contributed by atoms with Crippen molar-refractivity contribution in [2.24, 2.45) is 11.5 Å². The lowest BCUT2D eigenvalue weighted by Crippen LogP contribution is -2.30. The number of nitrogens with zero attached hydrogens (tertiary/aromatic N) is 1. The minimum Gasteiger partial charge on any atom is -0.492 e. The molecule has 1 aromatic rings. The molecule has 2 aliphatic rings. The van der Waals surface area contributed by atoms with Crippen LogP contribution in [-0.2, 0) is 27.4 Å². The number of methoxy groups -OCH3 is 2. The number of aromatic nitrogens is 1. The molecule has 0 aromatic carbocycles. The lowest BCUT2D eigenvalue weighted by Gasteiger charge is -2.19. The van der Waals surface area contributed by atoms with Crippen molar-refractivity contribution in [2.75, 3.05) is 14.2 Å². The molecular formula is C16H19N3O6. The molecule has 2 atom stereocenters. The van der Waals surface area contributed by atoms with Gasteiger partial charge in [0, 0.05) is 24.8 Å². The van der Waals surface area contributed by atoms with Crippen molar-refractivity contribution in [3.8, 4) is 0 Å². The number of allylic oxidation sites excluding steroid dienone is 2. The summed E-state index contributed by atoms with van der Waals surface area (Å²) in [4.78, 5) is 36.7. The molecule has 25 heavy (non-hydrogen) atoms. The average Bonchev–Trinajstić information content (AvgIpc) is 3.04. The van der Waals surface area contributed by atoms with Crippen LogP contribution >= 0.6 is 0 Å². The molecule has 0 unspecified atom stereocenters. The second-order valence-corrected chi connectivity index (χ2v) is 5.94. The maximum Gasteiger partial charge on any atom is 0.404 e. The maximum absolute atomic E-state index is 12.9. The van der Waals surface area contributed by atoms with E-state index in [1.807, 2.05) is 0 Å². The molecule has 1 amide bonds. The number of hydrogen-bond donors (Lipinski definition) is 2. The Morgan fingerprint density at radius 2 is 1.96 bits per heavy atom. The quantitative estimate of drug-likeness (QED) is 0.803. The molecule has 3 rings (SSSR count). The topological polar surface area (TPSA) is 136 Å². The highest BCUT2D eigenvalue weighted by Gasteiger charge is 2.44. The Kier molecular flexibility index (Phi) is 4.13. The normalized spacial score (nSPS) is 22.1. The van der Waals surface area contributed by atoms with Crippen LogP contribution < -0.4 is 11.5 Å². The van der Waals surface area contributed by atoms with E-state index in [-0.39, 0.29) is 35.0 Å². The van der Waals surface area contributed by atoms with Gasteiger partial charge in [0.1, 0.15) is 18.4 Å². The molecule has 9 nitrogen and oxygen atoms in total. The van der Waals surface area contributed by atoms with Gasteiger partial charge in [-0.1, -0.05) is 0 Å². The Hall–Kier alpha value is -2.65. The zero-order valence-corrected chi connectivity index (χ0v) is 14.1. The summed E-state index contributed by atoms with van der Waals surface area (Å²) in [6, 6.07) is -0.395. The predicted molar refractivity (Wildman–Crippen MR) is 84.9 cm³/mol. The minimum absolute atomic E-state index is 0.0274. The summed E-state index contributed by atoms with van der Waals surface area (Å²) < 4.78 is 17.1. The van der Waals surface area contributed by atoms with Crippen LogP contribution in [0, 0.1) is 0 Å². The second kappa shape index (κ2) is 6.01. The average molecular weight is 349 g/mol. The molecule has 1 aliphatic heterocycles. The van der Waals surface area contributed by atoms with Gasteiger partial charge in [0.25, 0.3) is 0 Å². The number of carbonyl (C=O) groups is 3. The highest BCUT2D eigenvalue weighted by atomic mass is 16.5. The summed E-state index contributed by atoms with van der Waals surface area (Å²) in [5.41, 5.74) is 12.7. The Morgan fingerprint density at radius 3 is 2.52 bits per heavy atom. The first-order valence-corrected chi connectivity index (χ1v) is 7.63. The zero-order chi connectivity index (χ0) is 18.5. The summed E-state index contributed by atoms with van der Waals surface area (Å²) in [5.74, 6) is -0.801. The molecule has 0 radical (unpaired) electrons. The van der Waals surface area contributed by atoms with Crippen LogP contribution in [0.2, 0.25) is 0 Å². The zero-order valence-electron chi connectivity index (χ0n) is 14.1. The van der Waals surface area contributed by atoms with Gasteiger partial charge in [-0.2, -0.15) is 0 Å². The van der Waals surface area contributed by atoms with Gasteiger partial charge in [-0.15, -0.1) is 0 Å². The number of carbonyl (C=O) groups excluding carboxylic acids is 3. The molecule has 0 spiro atoms. The third kappa shape index (κ3) is 2.35. The van der Waals surface area contributed by atoms with E-state index in [9.17, 15) is 14.4 Å². The minimum atomic E-state index is -0.988. The first-order chi connectivity index (χ1) is 11.8. The summed E-state index contributed by atoms with van der Waals surface area (Å²) >= 11 is 0. The summed E-state index contributed by atoms with van der Waals surface area (Å²) in [5, 5.41) is 0. The van der Waals surface area contributed by atoms with Crippen LogP contribution in [0.4, 0.5) is 4.79 Å². The van der Waals surface area contributed by atoms with Gasteiger partial charge in [-0.05, 0) is 6.92 Å². The van der Waals surface area contributed by atoms with Crippen molar-refractivity contribution in [3.63, 3.8) is 0 Å². The SMILES string of the molecule is COC1=C(C)C(=O)c2c(c(COC(N)=O)c3n2C[C@H](N)[C@H]3OC)C1=O. The number of ether oxygens (including phenoxy) is 3. The number of amides is 1. The predicted octanol–water partition coefficient (Wildman–Crippen LogP) is 0.411. The van der Waals surface area contributed by atoms with Crippen LogP contribution in [0.25, 0.3) is 0 Å². The monoisotopic (exact) mass is 349 g/mol. The standard InChI is InChI=1S/C16H19N3O6/c1-6-12(20)11-9(13(21)14(6)23-2)7(5-25-16(18)22)10-15(24-3)8(17)4-19(10)11/h8,15H,4-5,17H2,1-3H3,(H2,18,22)/t8-,15+/m0/s1. The molecule has 0 fully saturated rings. The number of rotatable bonds is 4. The molecule has 4 N–H and O–H groups in total. The molecule has 9 heteroatoms. The van der Waals surface area contributed by atoms with Crippen molar-refractivity contribution in [3.05, 3.63) is 33.8 Å². The highest BCUT2D eigenvalue weighted by Crippen LogP contribution is 2.41. The van der Waals surface area contributed by atoms with Gasteiger partial charge in [-0.3, -0.25) is 9.59 Å². The molecule has 1 aromatic heterocycles. The molecule has 1 aliphatic carbocycles. The lowest BCUT2D eigenvalue weighted by molar-refractivity contribution is 0.0862. The number of hydrogen-bond acceptors (Lipinski definition) is 7. The fourth-order valence-electron chi connectivity index (χ4n) is 3.58. The largest absolute Gasteiger partial charge is 0.492 e. The van der Waals surface area contributed by atoms with Crippen molar-refractivity contribution >= 4 is 17.7 Å². The Labute approximate surface area is 143 Å². The van der Waals surface area contributed by atoms with Gasteiger partial charge >= 0.3 is 6.09 Å². The van der Waals surface area contributed by atoms with E-state index >= 15 is 0 Å². The van der Waals surface area contributed by atoms with E-state index < -0.39 is 24.0 Å². The van der Waals surface area contributed by atoms with Crippen LogP contribution in [0.5, 0.6) is 0 Å². The smallest absolute Gasteiger partial charge is 0.404 e. The molecule has 2 heterocycles. The van der Waals surface area contributed by atoms with E-state index in [1.54, 1.807) is 4.57 Å². The van der Waals surface area contributed by atoms with Crippen LogP contribution in [-0.4, -0.2) is 42.5 Å². The number of primary amides is 1. The van der Waals surface area contributed by atoms with Crippen LogP contribution in [0.15, 0.2) is 11.3 Å². The molecule has 0 saturated heterocycles. The van der Waals surface area contributed by atoms with Gasteiger partial charge in [-0.25, -0.2) is 4.79 Å². The second-order valence-electron chi connectivity index (χ2n) is 5.94. The van der Waals surface area contributed by atoms with Gasteiger partial charge in [0.15, 0.2) is 5.76 Å². The lowest BCUT2D eigenvalue weighted by atomic mass is 9.90. The summed E-state index contributed by atoms with van der Waals surface area (Å²) in [6.07, 6.45) is -1.53. The van der Waals surface area contributed by atoms with E-state index in [4.69, 9.17) is 25.7 Å². The third-order valence-corrected chi connectivity index (χ3v) is 4.61. The van der Waals surface area contributed by atoms with Gasteiger partial charge in [0.2, 0.25) is 11.6 Å². The van der Waals surface area contributed by atoms with Gasteiger partial charge < -0.3 is 30.2 Å². The fourth-order valence-corrected chi connectivity index (χ4v) is 3.58. The number of ketones is 2. The number of nitrogens with two attached hydrogens (primary N) is 2. The Bertz CT molecular complexity index is 822. The third-order valence-electron chi connectivity index (χ3n) is 4.61. The first kappa shape index (κ1) is 17.2. The number of fused-ring (bicyclic) bond motifs is 3.